The molecule has 0 atom stereocenters. The van der Waals surface area contributed by atoms with Crippen molar-refractivity contribution in [1.82, 2.24) is 9.55 Å². The molecule has 110 valence electrons. The fourth-order valence-electron chi connectivity index (χ4n) is 2.76. The van der Waals surface area contributed by atoms with Gasteiger partial charge in [-0.15, -0.1) is 0 Å². The molecule has 2 aromatic heterocycles. The van der Waals surface area contributed by atoms with Crippen LogP contribution in [0.5, 0.6) is 5.75 Å². The molecule has 1 aliphatic heterocycles. The number of ether oxygens (including phenoxy) is 2. The molecule has 0 bridgehead atoms. The Bertz CT molecular complexity index is 917. The summed E-state index contributed by atoms with van der Waals surface area (Å²) in [5.74, 6) is 0.313. The summed E-state index contributed by atoms with van der Waals surface area (Å²) < 4.78 is 12.5. The average molecular weight is 315 g/mol. The number of aromatic nitrogens is 2. The van der Waals surface area contributed by atoms with E-state index in [0.29, 0.717) is 28.9 Å². The zero-order valence-electron chi connectivity index (χ0n) is 11.7. The van der Waals surface area contributed by atoms with Gasteiger partial charge in [-0.05, 0) is 30.3 Å². The van der Waals surface area contributed by atoms with E-state index < -0.39 is 0 Å². The molecule has 0 fully saturated rings. The maximum Gasteiger partial charge on any atom is 0.338 e. The second kappa shape index (κ2) is 4.74. The molecule has 0 saturated heterocycles. The Labute approximate surface area is 131 Å². The number of esters is 1. The zero-order chi connectivity index (χ0) is 15.3. The molecule has 0 spiro atoms. The number of rotatable bonds is 1. The van der Waals surface area contributed by atoms with Crippen LogP contribution < -0.4 is 4.74 Å². The highest BCUT2D eigenvalue weighted by Crippen LogP contribution is 2.38. The summed E-state index contributed by atoms with van der Waals surface area (Å²) in [6, 6.07) is 10.9. The lowest BCUT2D eigenvalue weighted by atomic mass is 10.1. The molecule has 4 rings (SSSR count). The minimum Gasteiger partial charge on any atom is -0.470 e. The quantitative estimate of drug-likeness (QED) is 0.509. The molecule has 0 unspecified atom stereocenters. The Morgan fingerprint density at radius 2 is 2.23 bits per heavy atom. The predicted octanol–water partition coefficient (Wildman–Crippen LogP) is 3.49. The largest absolute Gasteiger partial charge is 0.470 e. The lowest BCUT2D eigenvalue weighted by molar-refractivity contribution is 0.0603. The van der Waals surface area contributed by atoms with Crippen molar-refractivity contribution in [2.45, 2.75) is 6.73 Å². The smallest absolute Gasteiger partial charge is 0.338 e. The second-order valence-electron chi connectivity index (χ2n) is 4.94. The number of halogens is 1. The molecule has 0 amide bonds. The number of hydrogen-bond acceptors (Lipinski definition) is 4. The number of pyridine rings is 1. The molecule has 0 radical (unpaired) electrons. The summed E-state index contributed by atoms with van der Waals surface area (Å²) in [5, 5.41) is 1.21. The molecule has 1 aliphatic rings. The highest BCUT2D eigenvalue weighted by atomic mass is 35.5. The van der Waals surface area contributed by atoms with Gasteiger partial charge < -0.3 is 14.0 Å². The van der Waals surface area contributed by atoms with Crippen LogP contribution in [0.1, 0.15) is 10.4 Å². The standard InChI is InChI=1S/C16H11ClN2O3/c1-21-16(20)9-3-2-4-11-10(9)7-12-15-13(22-8-19(11)12)5-6-14(17)18-15/h2-7H,8H2,1H3. The monoisotopic (exact) mass is 314 g/mol. The van der Waals surface area contributed by atoms with Gasteiger partial charge in [-0.25, -0.2) is 9.78 Å². The SMILES string of the molecule is COC(=O)c1cccc2c1cc1n2COc2ccc(Cl)nc2-1. The van der Waals surface area contributed by atoms with Crippen LogP contribution in [0.25, 0.3) is 22.3 Å². The normalized spacial score (nSPS) is 12.5. The molecule has 5 nitrogen and oxygen atoms in total. The summed E-state index contributed by atoms with van der Waals surface area (Å²) in [6.07, 6.45) is 0. The third-order valence-electron chi connectivity index (χ3n) is 3.77. The van der Waals surface area contributed by atoms with Crippen LogP contribution >= 0.6 is 11.6 Å². The molecule has 3 heterocycles. The summed E-state index contributed by atoms with van der Waals surface area (Å²) in [7, 11) is 1.37. The van der Waals surface area contributed by atoms with Crippen molar-refractivity contribution >= 4 is 28.5 Å². The van der Waals surface area contributed by atoms with Crippen molar-refractivity contribution in [3.8, 4) is 17.1 Å². The van der Waals surface area contributed by atoms with E-state index in [2.05, 4.69) is 4.98 Å². The number of fused-ring (bicyclic) bond motifs is 5. The van der Waals surface area contributed by atoms with Crippen LogP contribution in [-0.4, -0.2) is 22.6 Å². The van der Waals surface area contributed by atoms with Crippen molar-refractivity contribution in [3.05, 3.63) is 47.1 Å². The molecule has 6 heteroatoms. The predicted molar refractivity (Wildman–Crippen MR) is 82.1 cm³/mol. The summed E-state index contributed by atoms with van der Waals surface area (Å²) in [6.45, 7) is 0.361. The minimum atomic E-state index is -0.367. The minimum absolute atomic E-state index is 0.361. The molecule has 1 aromatic carbocycles. The topological polar surface area (TPSA) is 53.4 Å². The van der Waals surface area contributed by atoms with E-state index in [0.717, 1.165) is 16.6 Å². The molecular weight excluding hydrogens is 304 g/mol. The fraction of sp³-hybridized carbons (Fsp3) is 0.125. The summed E-state index contributed by atoms with van der Waals surface area (Å²) in [4.78, 5) is 16.3. The first-order chi connectivity index (χ1) is 10.7. The first-order valence-corrected chi connectivity index (χ1v) is 7.07. The van der Waals surface area contributed by atoms with Gasteiger partial charge in [-0.1, -0.05) is 17.7 Å². The number of benzene rings is 1. The molecule has 22 heavy (non-hydrogen) atoms. The molecule has 0 saturated carbocycles. The maximum absolute atomic E-state index is 11.9. The first kappa shape index (κ1) is 13.2. The molecule has 0 N–H and O–H groups in total. The van der Waals surface area contributed by atoms with Crippen LogP contribution in [0.4, 0.5) is 0 Å². The Balaban J connectivity index is 2.03. The third kappa shape index (κ3) is 1.79. The van der Waals surface area contributed by atoms with Crippen molar-refractivity contribution in [3.63, 3.8) is 0 Å². The van der Waals surface area contributed by atoms with Gasteiger partial charge in [-0.3, -0.25) is 0 Å². The second-order valence-corrected chi connectivity index (χ2v) is 5.33. The van der Waals surface area contributed by atoms with Crippen LogP contribution in [0.2, 0.25) is 5.15 Å². The summed E-state index contributed by atoms with van der Waals surface area (Å²) >= 11 is 6.00. The number of carbonyl (C=O) groups excluding carboxylic acids is 1. The number of nitrogens with zero attached hydrogens (tertiary/aromatic N) is 2. The van der Waals surface area contributed by atoms with Crippen LogP contribution in [0, 0.1) is 0 Å². The lowest BCUT2D eigenvalue weighted by Gasteiger charge is -2.20. The Hall–Kier alpha value is -2.53. The Morgan fingerprint density at radius 3 is 3.05 bits per heavy atom. The van der Waals surface area contributed by atoms with Crippen LogP contribution in [0.15, 0.2) is 36.4 Å². The van der Waals surface area contributed by atoms with Gasteiger partial charge in [0, 0.05) is 5.39 Å². The fourth-order valence-corrected chi connectivity index (χ4v) is 2.91. The van der Waals surface area contributed by atoms with Gasteiger partial charge in [0.15, 0.2) is 6.73 Å². The van der Waals surface area contributed by atoms with Crippen molar-refractivity contribution in [1.29, 1.82) is 0 Å². The highest BCUT2D eigenvalue weighted by Gasteiger charge is 2.23. The molecular formula is C16H11ClN2O3. The van der Waals surface area contributed by atoms with E-state index in [4.69, 9.17) is 21.1 Å². The molecule has 0 aliphatic carbocycles. The average Bonchev–Trinajstić information content (AvgIpc) is 2.93. The Morgan fingerprint density at radius 1 is 1.36 bits per heavy atom. The highest BCUT2D eigenvalue weighted by molar-refractivity contribution is 6.29. The van der Waals surface area contributed by atoms with Crippen molar-refractivity contribution in [2.24, 2.45) is 0 Å². The van der Waals surface area contributed by atoms with Crippen molar-refractivity contribution < 1.29 is 14.3 Å². The lowest BCUT2D eigenvalue weighted by Crippen LogP contribution is -2.13. The van der Waals surface area contributed by atoms with Gasteiger partial charge >= 0.3 is 5.97 Å². The number of hydrogen-bond donors (Lipinski definition) is 0. The first-order valence-electron chi connectivity index (χ1n) is 6.69. The number of carbonyl (C=O) groups is 1. The Kier molecular flexibility index (Phi) is 2.84. The van der Waals surface area contributed by atoms with Gasteiger partial charge in [0.1, 0.15) is 16.6 Å². The molecule has 3 aromatic rings. The van der Waals surface area contributed by atoms with Gasteiger partial charge in [0.2, 0.25) is 0 Å². The maximum atomic E-state index is 11.9. The van der Waals surface area contributed by atoms with Crippen LogP contribution in [-0.2, 0) is 11.5 Å². The van der Waals surface area contributed by atoms with Gasteiger partial charge in [0.25, 0.3) is 0 Å². The van der Waals surface area contributed by atoms with Crippen molar-refractivity contribution in [2.75, 3.05) is 7.11 Å². The third-order valence-corrected chi connectivity index (χ3v) is 3.98. The van der Waals surface area contributed by atoms with E-state index >= 15 is 0 Å². The van der Waals surface area contributed by atoms with Gasteiger partial charge in [0.05, 0.1) is 23.9 Å². The summed E-state index contributed by atoms with van der Waals surface area (Å²) in [5.41, 5.74) is 2.96. The van der Waals surface area contributed by atoms with E-state index in [9.17, 15) is 4.79 Å². The van der Waals surface area contributed by atoms with E-state index in [-0.39, 0.29) is 5.97 Å². The van der Waals surface area contributed by atoms with E-state index in [1.165, 1.54) is 7.11 Å². The van der Waals surface area contributed by atoms with E-state index in [1.54, 1.807) is 18.2 Å². The number of methoxy groups -OCH3 is 1. The zero-order valence-corrected chi connectivity index (χ0v) is 12.4. The van der Waals surface area contributed by atoms with Crippen LogP contribution in [0.3, 0.4) is 0 Å². The van der Waals surface area contributed by atoms with Gasteiger partial charge in [-0.2, -0.15) is 0 Å². The van der Waals surface area contributed by atoms with E-state index in [1.807, 2.05) is 22.8 Å².